The zero-order valence-electron chi connectivity index (χ0n) is 12.0. The quantitative estimate of drug-likeness (QED) is 0.501. The van der Waals surface area contributed by atoms with Crippen molar-refractivity contribution in [2.45, 2.75) is 38.6 Å². The van der Waals surface area contributed by atoms with Gasteiger partial charge in [-0.2, -0.15) is 0 Å². The highest BCUT2D eigenvalue weighted by Gasteiger charge is 2.27. The summed E-state index contributed by atoms with van der Waals surface area (Å²) >= 11 is 0. The minimum Gasteiger partial charge on any atom is -0.370 e. The van der Waals surface area contributed by atoms with Gasteiger partial charge in [-0.3, -0.25) is 4.99 Å². The number of halogens is 1. The summed E-state index contributed by atoms with van der Waals surface area (Å²) in [6, 6.07) is 9.28. The molecule has 2 rings (SSSR count). The topological polar surface area (TPSA) is 41.6 Å². The Labute approximate surface area is 133 Å². The van der Waals surface area contributed by atoms with E-state index in [0.29, 0.717) is 17.9 Å². The second-order valence-electron chi connectivity index (χ2n) is 5.35. The van der Waals surface area contributed by atoms with Gasteiger partial charge in [-0.15, -0.1) is 24.0 Å². The summed E-state index contributed by atoms with van der Waals surface area (Å²) in [7, 11) is 2.03. The molecule has 1 unspecified atom stereocenters. The van der Waals surface area contributed by atoms with E-state index in [1.54, 1.807) is 0 Å². The SMILES string of the molecule is Cc1ccc(C(C)CN=C(N)N(C)C2CC2)cc1.I. The third-order valence-corrected chi connectivity index (χ3v) is 3.63. The van der Waals surface area contributed by atoms with Crippen molar-refractivity contribution in [1.82, 2.24) is 4.90 Å². The van der Waals surface area contributed by atoms with E-state index in [9.17, 15) is 0 Å². The summed E-state index contributed by atoms with van der Waals surface area (Å²) in [5.41, 5.74) is 8.60. The van der Waals surface area contributed by atoms with Crippen molar-refractivity contribution in [3.8, 4) is 0 Å². The molecule has 106 valence electrons. The van der Waals surface area contributed by atoms with E-state index in [1.165, 1.54) is 24.0 Å². The van der Waals surface area contributed by atoms with Gasteiger partial charge in [0, 0.05) is 25.6 Å². The van der Waals surface area contributed by atoms with Gasteiger partial charge in [0.2, 0.25) is 0 Å². The second kappa shape index (κ2) is 7.12. The first-order valence-electron chi connectivity index (χ1n) is 6.67. The van der Waals surface area contributed by atoms with Gasteiger partial charge in [0.25, 0.3) is 0 Å². The van der Waals surface area contributed by atoms with Gasteiger partial charge >= 0.3 is 0 Å². The molecule has 3 nitrogen and oxygen atoms in total. The number of aliphatic imine (C=N–C) groups is 1. The fourth-order valence-corrected chi connectivity index (χ4v) is 1.99. The first kappa shape index (κ1) is 16.3. The molecule has 1 atom stereocenters. The van der Waals surface area contributed by atoms with Crippen molar-refractivity contribution in [3.05, 3.63) is 35.4 Å². The van der Waals surface area contributed by atoms with E-state index in [4.69, 9.17) is 5.73 Å². The normalized spacial score (nSPS) is 16.7. The lowest BCUT2D eigenvalue weighted by Gasteiger charge is -2.18. The van der Waals surface area contributed by atoms with E-state index < -0.39 is 0 Å². The molecule has 4 heteroatoms. The number of hydrogen-bond donors (Lipinski definition) is 1. The minimum absolute atomic E-state index is 0. The van der Waals surface area contributed by atoms with Crippen LogP contribution in [-0.2, 0) is 0 Å². The highest BCUT2D eigenvalue weighted by molar-refractivity contribution is 14.0. The lowest BCUT2D eigenvalue weighted by Crippen LogP contribution is -2.36. The van der Waals surface area contributed by atoms with Gasteiger partial charge in [0.15, 0.2) is 5.96 Å². The molecule has 19 heavy (non-hydrogen) atoms. The molecule has 0 aromatic heterocycles. The number of rotatable bonds is 4. The van der Waals surface area contributed by atoms with Crippen LogP contribution < -0.4 is 5.73 Å². The summed E-state index contributed by atoms with van der Waals surface area (Å²) in [6.07, 6.45) is 2.50. The number of benzene rings is 1. The first-order valence-corrected chi connectivity index (χ1v) is 6.67. The van der Waals surface area contributed by atoms with Crippen molar-refractivity contribution in [2.24, 2.45) is 10.7 Å². The lowest BCUT2D eigenvalue weighted by atomic mass is 10.0. The fourth-order valence-electron chi connectivity index (χ4n) is 1.99. The molecule has 1 saturated carbocycles. The molecule has 0 radical (unpaired) electrons. The summed E-state index contributed by atoms with van der Waals surface area (Å²) in [4.78, 5) is 6.60. The van der Waals surface area contributed by atoms with Gasteiger partial charge in [-0.1, -0.05) is 36.8 Å². The zero-order chi connectivity index (χ0) is 13.1. The third kappa shape index (κ3) is 4.67. The maximum atomic E-state index is 5.98. The van der Waals surface area contributed by atoms with Crippen molar-refractivity contribution in [1.29, 1.82) is 0 Å². The largest absolute Gasteiger partial charge is 0.370 e. The number of nitrogens with two attached hydrogens (primary N) is 1. The van der Waals surface area contributed by atoms with Crippen LogP contribution in [-0.4, -0.2) is 30.5 Å². The number of aryl methyl sites for hydroxylation is 1. The molecule has 0 aliphatic heterocycles. The van der Waals surface area contributed by atoms with Crippen molar-refractivity contribution < 1.29 is 0 Å². The van der Waals surface area contributed by atoms with Crippen LogP contribution in [0.3, 0.4) is 0 Å². The van der Waals surface area contributed by atoms with E-state index >= 15 is 0 Å². The van der Waals surface area contributed by atoms with E-state index in [2.05, 4.69) is 48.0 Å². The molecule has 2 N–H and O–H groups in total. The number of hydrogen-bond acceptors (Lipinski definition) is 1. The molecule has 0 bridgehead atoms. The van der Waals surface area contributed by atoms with Crippen LogP contribution in [0.4, 0.5) is 0 Å². The first-order chi connectivity index (χ1) is 8.58. The molecule has 0 saturated heterocycles. The molecule has 1 aliphatic rings. The van der Waals surface area contributed by atoms with Crippen LogP contribution >= 0.6 is 24.0 Å². The maximum absolute atomic E-state index is 5.98. The molecular weight excluding hydrogens is 349 g/mol. The third-order valence-electron chi connectivity index (χ3n) is 3.63. The fraction of sp³-hybridized carbons (Fsp3) is 0.533. The standard InChI is InChI=1S/C15H23N3.HI/c1-11-4-6-13(7-5-11)12(2)10-17-15(16)18(3)14-8-9-14;/h4-7,12,14H,8-10H2,1-3H3,(H2,16,17);1H. The van der Waals surface area contributed by atoms with Crippen LogP contribution in [0.5, 0.6) is 0 Å². The molecule has 1 fully saturated rings. The van der Waals surface area contributed by atoms with Gasteiger partial charge in [0.1, 0.15) is 0 Å². The highest BCUT2D eigenvalue weighted by atomic mass is 127. The van der Waals surface area contributed by atoms with Crippen molar-refractivity contribution in [2.75, 3.05) is 13.6 Å². The summed E-state index contributed by atoms with van der Waals surface area (Å²) in [6.45, 7) is 5.06. The molecule has 0 spiro atoms. The Bertz CT molecular complexity index is 424. The summed E-state index contributed by atoms with van der Waals surface area (Å²) in [5, 5.41) is 0. The predicted octanol–water partition coefficient (Wildman–Crippen LogP) is 3.13. The Morgan fingerprint density at radius 1 is 1.37 bits per heavy atom. The predicted molar refractivity (Wildman–Crippen MR) is 92.3 cm³/mol. The molecule has 0 heterocycles. The Balaban J connectivity index is 0.00000180. The Morgan fingerprint density at radius 2 is 1.95 bits per heavy atom. The van der Waals surface area contributed by atoms with Gasteiger partial charge < -0.3 is 10.6 Å². The van der Waals surface area contributed by atoms with Crippen LogP contribution in [0, 0.1) is 6.92 Å². The monoisotopic (exact) mass is 373 g/mol. The Kier molecular flexibility index (Phi) is 6.10. The highest BCUT2D eigenvalue weighted by Crippen LogP contribution is 2.25. The van der Waals surface area contributed by atoms with E-state index in [-0.39, 0.29) is 24.0 Å². The van der Waals surface area contributed by atoms with Crippen LogP contribution in [0.25, 0.3) is 0 Å². The summed E-state index contributed by atoms with van der Waals surface area (Å²) < 4.78 is 0. The molecule has 0 amide bonds. The van der Waals surface area contributed by atoms with Crippen LogP contribution in [0.15, 0.2) is 29.3 Å². The minimum atomic E-state index is 0. The Hall–Kier alpha value is -0.780. The lowest BCUT2D eigenvalue weighted by molar-refractivity contribution is 0.486. The Morgan fingerprint density at radius 3 is 2.47 bits per heavy atom. The zero-order valence-corrected chi connectivity index (χ0v) is 14.3. The smallest absolute Gasteiger partial charge is 0.191 e. The molecule has 1 aromatic rings. The maximum Gasteiger partial charge on any atom is 0.191 e. The van der Waals surface area contributed by atoms with Crippen molar-refractivity contribution >= 4 is 29.9 Å². The second-order valence-corrected chi connectivity index (χ2v) is 5.35. The van der Waals surface area contributed by atoms with Crippen LogP contribution in [0.1, 0.15) is 36.8 Å². The van der Waals surface area contributed by atoms with E-state index in [1.807, 2.05) is 7.05 Å². The molecule has 1 aromatic carbocycles. The number of nitrogens with zero attached hydrogens (tertiary/aromatic N) is 2. The van der Waals surface area contributed by atoms with Gasteiger partial charge in [-0.25, -0.2) is 0 Å². The van der Waals surface area contributed by atoms with Crippen LogP contribution in [0.2, 0.25) is 0 Å². The number of guanidine groups is 1. The molecule has 1 aliphatic carbocycles. The van der Waals surface area contributed by atoms with Crippen molar-refractivity contribution in [3.63, 3.8) is 0 Å². The average Bonchev–Trinajstić information content (AvgIpc) is 3.19. The summed E-state index contributed by atoms with van der Waals surface area (Å²) in [5.74, 6) is 1.09. The average molecular weight is 373 g/mol. The van der Waals surface area contributed by atoms with E-state index in [0.717, 1.165) is 6.54 Å². The molecular formula is C15H24IN3. The van der Waals surface area contributed by atoms with Gasteiger partial charge in [-0.05, 0) is 25.3 Å². The van der Waals surface area contributed by atoms with Gasteiger partial charge in [0.05, 0.1) is 0 Å².